The van der Waals surface area contributed by atoms with E-state index < -0.39 is 6.61 Å². The fraction of sp³-hybridized carbons (Fsp3) is 0.118. The van der Waals surface area contributed by atoms with E-state index in [1.807, 2.05) is 24.3 Å². The van der Waals surface area contributed by atoms with Crippen molar-refractivity contribution in [3.05, 3.63) is 72.7 Å². The monoisotopic (exact) mass is 341 g/mol. The Labute approximate surface area is 141 Å². The molecule has 8 heteroatoms. The summed E-state index contributed by atoms with van der Waals surface area (Å²) in [4.78, 5) is 8.29. The summed E-state index contributed by atoms with van der Waals surface area (Å²) in [5.74, 6) is 0.0872. The second-order valence-electron chi connectivity index (χ2n) is 5.37. The predicted molar refractivity (Wildman–Crippen MR) is 86.4 cm³/mol. The van der Waals surface area contributed by atoms with Gasteiger partial charge >= 0.3 is 6.61 Å². The molecule has 0 radical (unpaired) electrons. The van der Waals surface area contributed by atoms with Crippen molar-refractivity contribution < 1.29 is 13.5 Å². The van der Waals surface area contributed by atoms with Crippen LogP contribution in [0.25, 0.3) is 16.9 Å². The number of ether oxygens (including phenoxy) is 1. The van der Waals surface area contributed by atoms with Crippen LogP contribution in [0.2, 0.25) is 0 Å². The molecule has 0 aliphatic carbocycles. The van der Waals surface area contributed by atoms with Crippen molar-refractivity contribution in [2.45, 2.75) is 12.7 Å². The van der Waals surface area contributed by atoms with E-state index in [1.54, 1.807) is 23.0 Å². The molecule has 3 aromatic heterocycles. The van der Waals surface area contributed by atoms with Gasteiger partial charge in [-0.05, 0) is 35.9 Å². The molecule has 1 atom stereocenters. The van der Waals surface area contributed by atoms with Crippen LogP contribution in [0, 0.1) is 0 Å². The highest BCUT2D eigenvalue weighted by Gasteiger charge is 2.16. The summed E-state index contributed by atoms with van der Waals surface area (Å²) in [5.41, 5.74) is 3.43. The van der Waals surface area contributed by atoms with E-state index in [1.165, 1.54) is 18.6 Å². The van der Waals surface area contributed by atoms with Gasteiger partial charge in [0.15, 0.2) is 5.65 Å². The van der Waals surface area contributed by atoms with Gasteiger partial charge in [-0.25, -0.2) is 9.50 Å². The molecule has 1 N–H and O–H groups in total. The molecule has 0 fully saturated rings. The number of pyridine rings is 2. The third-order valence-corrected chi connectivity index (χ3v) is 3.82. The maximum atomic E-state index is 12.3. The van der Waals surface area contributed by atoms with E-state index in [0.29, 0.717) is 5.65 Å². The van der Waals surface area contributed by atoms with Crippen LogP contribution in [-0.2, 0) is 4.74 Å². The van der Waals surface area contributed by atoms with Crippen LogP contribution < -0.4 is 5.32 Å². The number of alkyl halides is 2. The quantitative estimate of drug-likeness (QED) is 0.790. The van der Waals surface area contributed by atoms with Crippen LogP contribution >= 0.6 is 0 Å². The summed E-state index contributed by atoms with van der Waals surface area (Å²) in [6.07, 6.45) is 9.61. The van der Waals surface area contributed by atoms with E-state index in [4.69, 9.17) is 0 Å². The van der Waals surface area contributed by atoms with Crippen molar-refractivity contribution >= 4 is 5.65 Å². The molecule has 126 valence electrons. The highest BCUT2D eigenvalue weighted by atomic mass is 19.3. The number of hydrogen-bond donors (Lipinski definition) is 1. The minimum atomic E-state index is -2.85. The molecule has 0 saturated carbocycles. The summed E-state index contributed by atoms with van der Waals surface area (Å²) in [6, 6.07) is 7.46. The lowest BCUT2D eigenvalue weighted by Crippen LogP contribution is -2.18. The number of aromatic nitrogens is 4. The summed E-state index contributed by atoms with van der Waals surface area (Å²) >= 11 is 0. The number of allylic oxidation sites excluding steroid dienone is 1. The first-order valence-electron chi connectivity index (χ1n) is 7.54. The Kier molecular flexibility index (Phi) is 3.85. The van der Waals surface area contributed by atoms with E-state index in [0.717, 1.165) is 16.8 Å². The number of dihydropyridines is 1. The average molecular weight is 341 g/mol. The van der Waals surface area contributed by atoms with E-state index in [2.05, 4.69) is 25.1 Å². The lowest BCUT2D eigenvalue weighted by Gasteiger charge is -2.20. The van der Waals surface area contributed by atoms with Crippen LogP contribution in [-0.4, -0.2) is 26.2 Å². The van der Waals surface area contributed by atoms with Gasteiger partial charge in [0.25, 0.3) is 0 Å². The maximum absolute atomic E-state index is 12.3. The summed E-state index contributed by atoms with van der Waals surface area (Å²) in [5, 5.41) is 7.31. The van der Waals surface area contributed by atoms with Crippen molar-refractivity contribution in [3.63, 3.8) is 0 Å². The van der Waals surface area contributed by atoms with Gasteiger partial charge in [-0.1, -0.05) is 6.08 Å². The smallest absolute Gasteiger partial charge is 0.387 e. The SMILES string of the molecule is FC(F)OC1=CNC(c2cc(-c3ccncc3)n3ncnc3c2)C=C1. The van der Waals surface area contributed by atoms with Gasteiger partial charge in [0.05, 0.1) is 11.7 Å². The highest BCUT2D eigenvalue weighted by molar-refractivity contribution is 5.64. The first kappa shape index (κ1) is 15.3. The Balaban J connectivity index is 1.70. The molecule has 0 bridgehead atoms. The number of hydrogen-bond acceptors (Lipinski definition) is 5. The first-order valence-corrected chi connectivity index (χ1v) is 7.54. The molecule has 3 aromatic rings. The Morgan fingerprint density at radius 1 is 1.20 bits per heavy atom. The summed E-state index contributed by atoms with van der Waals surface area (Å²) in [6.45, 7) is -2.85. The third kappa shape index (κ3) is 3.06. The fourth-order valence-corrected chi connectivity index (χ4v) is 2.70. The molecule has 4 heterocycles. The molecule has 0 amide bonds. The zero-order valence-corrected chi connectivity index (χ0v) is 12.9. The van der Waals surface area contributed by atoms with Crippen molar-refractivity contribution in [1.82, 2.24) is 24.9 Å². The van der Waals surface area contributed by atoms with Gasteiger partial charge in [0.1, 0.15) is 12.1 Å². The Morgan fingerprint density at radius 3 is 2.76 bits per heavy atom. The van der Waals surface area contributed by atoms with E-state index in [9.17, 15) is 8.78 Å². The van der Waals surface area contributed by atoms with Gasteiger partial charge in [-0.15, -0.1) is 0 Å². The minimum absolute atomic E-state index is 0.0872. The number of nitrogens with one attached hydrogen (secondary N) is 1. The van der Waals surface area contributed by atoms with Gasteiger partial charge < -0.3 is 10.1 Å². The molecular formula is C17H13F2N5O. The van der Waals surface area contributed by atoms with E-state index in [-0.39, 0.29) is 11.8 Å². The normalized spacial score (nSPS) is 16.8. The van der Waals surface area contributed by atoms with Crippen molar-refractivity contribution in [2.75, 3.05) is 0 Å². The molecule has 0 aromatic carbocycles. The van der Waals surface area contributed by atoms with Gasteiger partial charge in [-0.2, -0.15) is 13.9 Å². The molecule has 1 unspecified atom stereocenters. The lowest BCUT2D eigenvalue weighted by atomic mass is 10.0. The standard InChI is InChI=1S/C17H13F2N5O/c18-17(19)25-13-1-2-14(21-9-13)12-7-15(11-3-5-20-6-4-11)24-16(8-12)22-10-23-24/h1-10,14,17,21H. The van der Waals surface area contributed by atoms with E-state index >= 15 is 0 Å². The predicted octanol–water partition coefficient (Wildman–Crippen LogP) is 3.07. The van der Waals surface area contributed by atoms with Crippen LogP contribution in [0.1, 0.15) is 11.6 Å². The summed E-state index contributed by atoms with van der Waals surface area (Å²) < 4.78 is 30.7. The number of halogens is 2. The van der Waals surface area contributed by atoms with Gasteiger partial charge in [-0.3, -0.25) is 4.98 Å². The van der Waals surface area contributed by atoms with Gasteiger partial charge in [0.2, 0.25) is 0 Å². The number of nitrogens with zero attached hydrogens (tertiary/aromatic N) is 4. The van der Waals surface area contributed by atoms with Gasteiger partial charge in [0, 0.05) is 24.2 Å². The molecule has 0 saturated heterocycles. The topological polar surface area (TPSA) is 64.3 Å². The Bertz CT molecular complexity index is 952. The number of fused-ring (bicyclic) bond motifs is 1. The number of rotatable bonds is 4. The molecule has 1 aliphatic rings. The molecule has 6 nitrogen and oxygen atoms in total. The van der Waals surface area contributed by atoms with Crippen LogP contribution in [0.15, 0.2) is 67.1 Å². The fourth-order valence-electron chi connectivity index (χ4n) is 2.70. The largest absolute Gasteiger partial charge is 0.433 e. The van der Waals surface area contributed by atoms with Crippen LogP contribution in [0.3, 0.4) is 0 Å². The Morgan fingerprint density at radius 2 is 2.04 bits per heavy atom. The summed E-state index contributed by atoms with van der Waals surface area (Å²) in [7, 11) is 0. The second kappa shape index (κ2) is 6.31. The first-order chi connectivity index (χ1) is 12.2. The average Bonchev–Trinajstić information content (AvgIpc) is 3.10. The Hall–Kier alpha value is -3.29. The molecule has 0 spiro atoms. The minimum Gasteiger partial charge on any atom is -0.433 e. The molecule has 25 heavy (non-hydrogen) atoms. The zero-order valence-electron chi connectivity index (χ0n) is 12.9. The van der Waals surface area contributed by atoms with Crippen molar-refractivity contribution in [2.24, 2.45) is 0 Å². The zero-order chi connectivity index (χ0) is 17.2. The van der Waals surface area contributed by atoms with Crippen LogP contribution in [0.5, 0.6) is 0 Å². The third-order valence-electron chi connectivity index (χ3n) is 3.82. The highest BCUT2D eigenvalue weighted by Crippen LogP contribution is 2.27. The van der Waals surface area contributed by atoms with Crippen LogP contribution in [0.4, 0.5) is 8.78 Å². The van der Waals surface area contributed by atoms with Crippen molar-refractivity contribution in [3.8, 4) is 11.3 Å². The maximum Gasteiger partial charge on any atom is 0.387 e. The molecule has 1 aliphatic heterocycles. The molecular weight excluding hydrogens is 328 g/mol. The lowest BCUT2D eigenvalue weighted by molar-refractivity contribution is -0.0927. The second-order valence-corrected chi connectivity index (χ2v) is 5.37. The van der Waals surface area contributed by atoms with Crippen molar-refractivity contribution in [1.29, 1.82) is 0 Å². The molecule has 4 rings (SSSR count).